The fourth-order valence-electron chi connectivity index (χ4n) is 3.13. The molecule has 23 heavy (non-hydrogen) atoms. The topological polar surface area (TPSA) is 49.9 Å². The summed E-state index contributed by atoms with van der Waals surface area (Å²) in [4.78, 5) is 28.4. The molecule has 0 saturated carbocycles. The van der Waals surface area contributed by atoms with Crippen molar-refractivity contribution < 1.29 is 14.3 Å². The summed E-state index contributed by atoms with van der Waals surface area (Å²) in [5, 5.41) is 0. The van der Waals surface area contributed by atoms with E-state index in [1.165, 1.54) is 0 Å². The van der Waals surface area contributed by atoms with Crippen LogP contribution < -0.4 is 4.74 Å². The van der Waals surface area contributed by atoms with Crippen molar-refractivity contribution in [1.82, 2.24) is 9.80 Å². The molecule has 0 bridgehead atoms. The van der Waals surface area contributed by atoms with Crippen LogP contribution in [0.5, 0.6) is 5.75 Å². The Morgan fingerprint density at radius 3 is 2.65 bits per heavy atom. The Morgan fingerprint density at radius 2 is 2.04 bits per heavy atom. The number of hydrogen-bond donors (Lipinski definition) is 0. The van der Waals surface area contributed by atoms with Crippen molar-refractivity contribution in [2.24, 2.45) is 5.92 Å². The lowest BCUT2D eigenvalue weighted by Crippen LogP contribution is -2.36. The predicted octanol–water partition coefficient (Wildman–Crippen LogP) is 2.13. The van der Waals surface area contributed by atoms with Crippen molar-refractivity contribution in [3.8, 4) is 5.75 Å². The van der Waals surface area contributed by atoms with Gasteiger partial charge < -0.3 is 14.5 Å². The van der Waals surface area contributed by atoms with E-state index in [-0.39, 0.29) is 23.7 Å². The summed E-state index contributed by atoms with van der Waals surface area (Å²) >= 11 is 0. The van der Waals surface area contributed by atoms with Gasteiger partial charge in [0.2, 0.25) is 11.8 Å². The molecule has 126 valence electrons. The molecule has 1 aromatic carbocycles. The van der Waals surface area contributed by atoms with Crippen molar-refractivity contribution in [3.05, 3.63) is 29.8 Å². The monoisotopic (exact) mass is 318 g/mol. The molecule has 1 aromatic rings. The maximum atomic E-state index is 12.7. The second kappa shape index (κ2) is 7.49. The van der Waals surface area contributed by atoms with Gasteiger partial charge in [-0.15, -0.1) is 0 Å². The number of hydrogen-bond acceptors (Lipinski definition) is 3. The summed E-state index contributed by atoms with van der Waals surface area (Å²) in [5.74, 6) is 0.807. The fourth-order valence-corrected chi connectivity index (χ4v) is 3.13. The smallest absolute Gasteiger partial charge is 0.227 e. The van der Waals surface area contributed by atoms with Gasteiger partial charge in [0.1, 0.15) is 5.75 Å². The van der Waals surface area contributed by atoms with Crippen molar-refractivity contribution in [2.75, 3.05) is 33.8 Å². The van der Waals surface area contributed by atoms with Gasteiger partial charge in [-0.3, -0.25) is 9.59 Å². The van der Waals surface area contributed by atoms with Crippen LogP contribution in [0.4, 0.5) is 0 Å². The standard InChI is InChI=1S/C18H26N2O3/c1-5-17(21)20-11-15(13-8-7-9-14(10-13)23-4)16(12-20)18(22)19(3)6-2/h7-10,15-16H,5-6,11-12H2,1-4H3. The summed E-state index contributed by atoms with van der Waals surface area (Å²) in [6.07, 6.45) is 0.468. The zero-order valence-corrected chi connectivity index (χ0v) is 14.4. The van der Waals surface area contributed by atoms with Crippen LogP contribution in [0.25, 0.3) is 0 Å². The van der Waals surface area contributed by atoms with E-state index >= 15 is 0 Å². The van der Waals surface area contributed by atoms with E-state index in [1.807, 2.05) is 50.1 Å². The van der Waals surface area contributed by atoms with Gasteiger partial charge in [-0.2, -0.15) is 0 Å². The Morgan fingerprint density at radius 1 is 1.30 bits per heavy atom. The molecule has 2 unspecified atom stereocenters. The maximum absolute atomic E-state index is 12.7. The van der Waals surface area contributed by atoms with Crippen LogP contribution in [0.1, 0.15) is 31.7 Å². The highest BCUT2D eigenvalue weighted by molar-refractivity contribution is 5.83. The lowest BCUT2D eigenvalue weighted by Gasteiger charge is -2.23. The average Bonchev–Trinajstić information content (AvgIpc) is 3.04. The van der Waals surface area contributed by atoms with Crippen LogP contribution in [0.15, 0.2) is 24.3 Å². The molecule has 2 rings (SSSR count). The van der Waals surface area contributed by atoms with Crippen molar-refractivity contribution in [2.45, 2.75) is 26.2 Å². The van der Waals surface area contributed by atoms with Crippen LogP contribution in [0.2, 0.25) is 0 Å². The van der Waals surface area contributed by atoms with E-state index in [1.54, 1.807) is 12.0 Å². The van der Waals surface area contributed by atoms with Crippen molar-refractivity contribution in [3.63, 3.8) is 0 Å². The highest BCUT2D eigenvalue weighted by Gasteiger charge is 2.40. The molecule has 1 saturated heterocycles. The highest BCUT2D eigenvalue weighted by atomic mass is 16.5. The van der Waals surface area contributed by atoms with Crippen molar-refractivity contribution >= 4 is 11.8 Å². The Balaban J connectivity index is 2.31. The third kappa shape index (κ3) is 3.66. The number of rotatable bonds is 5. The Bertz CT molecular complexity index is 573. The van der Waals surface area contributed by atoms with Gasteiger partial charge in [0.05, 0.1) is 13.0 Å². The molecule has 1 heterocycles. The number of carbonyl (C=O) groups excluding carboxylic acids is 2. The molecule has 2 amide bonds. The number of benzene rings is 1. The van der Waals surface area contributed by atoms with Crippen molar-refractivity contribution in [1.29, 1.82) is 0 Å². The molecule has 1 aliphatic rings. The molecule has 0 aliphatic carbocycles. The maximum Gasteiger partial charge on any atom is 0.227 e. The van der Waals surface area contributed by atoms with Gasteiger partial charge in [0.25, 0.3) is 0 Å². The lowest BCUT2D eigenvalue weighted by atomic mass is 9.88. The zero-order chi connectivity index (χ0) is 17.0. The van der Waals surface area contributed by atoms with Gasteiger partial charge in [0, 0.05) is 39.0 Å². The van der Waals surface area contributed by atoms with E-state index in [9.17, 15) is 9.59 Å². The van der Waals surface area contributed by atoms with E-state index in [2.05, 4.69) is 0 Å². The summed E-state index contributed by atoms with van der Waals surface area (Å²) < 4.78 is 5.30. The second-order valence-electron chi connectivity index (χ2n) is 5.99. The number of nitrogens with zero attached hydrogens (tertiary/aromatic N) is 2. The van der Waals surface area contributed by atoms with Gasteiger partial charge in [-0.25, -0.2) is 0 Å². The fraction of sp³-hybridized carbons (Fsp3) is 0.556. The SMILES string of the molecule is CCC(=O)N1CC(C(=O)N(C)CC)C(c2cccc(OC)c2)C1. The summed E-state index contributed by atoms with van der Waals surface area (Å²) in [6.45, 7) is 5.58. The van der Waals surface area contributed by atoms with E-state index in [4.69, 9.17) is 4.74 Å². The number of likely N-dealkylation sites (tertiary alicyclic amines) is 1. The van der Waals surface area contributed by atoms with E-state index in [0.717, 1.165) is 11.3 Å². The van der Waals surface area contributed by atoms with Gasteiger partial charge in [-0.05, 0) is 24.6 Å². The molecule has 0 spiro atoms. The largest absolute Gasteiger partial charge is 0.497 e. The Labute approximate surface area is 138 Å². The lowest BCUT2D eigenvalue weighted by molar-refractivity contribution is -0.134. The first-order valence-electron chi connectivity index (χ1n) is 8.18. The molecule has 0 radical (unpaired) electrons. The Kier molecular flexibility index (Phi) is 5.64. The van der Waals surface area contributed by atoms with Gasteiger partial charge in [-0.1, -0.05) is 19.1 Å². The predicted molar refractivity (Wildman–Crippen MR) is 89.4 cm³/mol. The molecule has 5 heteroatoms. The van der Waals surface area contributed by atoms with Gasteiger partial charge >= 0.3 is 0 Å². The third-order valence-electron chi connectivity index (χ3n) is 4.66. The van der Waals surface area contributed by atoms with Gasteiger partial charge in [0.15, 0.2) is 0 Å². The summed E-state index contributed by atoms with van der Waals surface area (Å²) in [5.41, 5.74) is 1.05. The average molecular weight is 318 g/mol. The zero-order valence-electron chi connectivity index (χ0n) is 14.4. The third-order valence-corrected chi connectivity index (χ3v) is 4.66. The normalized spacial score (nSPS) is 20.4. The van der Waals surface area contributed by atoms with Crippen LogP contribution in [0.3, 0.4) is 0 Å². The number of amides is 2. The molecule has 1 aliphatic heterocycles. The molecule has 0 N–H and O–H groups in total. The minimum Gasteiger partial charge on any atom is -0.497 e. The van der Waals surface area contributed by atoms with E-state index < -0.39 is 0 Å². The first-order valence-corrected chi connectivity index (χ1v) is 8.18. The molecule has 2 atom stereocenters. The summed E-state index contributed by atoms with van der Waals surface area (Å²) in [7, 11) is 3.45. The molecule has 5 nitrogen and oxygen atoms in total. The number of carbonyl (C=O) groups is 2. The number of methoxy groups -OCH3 is 1. The minimum atomic E-state index is -0.192. The first-order chi connectivity index (χ1) is 11.0. The molecular formula is C18H26N2O3. The van der Waals surface area contributed by atoms with Crippen LogP contribution >= 0.6 is 0 Å². The second-order valence-corrected chi connectivity index (χ2v) is 5.99. The van der Waals surface area contributed by atoms with Crippen LogP contribution in [-0.2, 0) is 9.59 Å². The minimum absolute atomic E-state index is 0.0158. The summed E-state index contributed by atoms with van der Waals surface area (Å²) in [6, 6.07) is 7.81. The molecule has 1 fully saturated rings. The quantitative estimate of drug-likeness (QED) is 0.835. The number of ether oxygens (including phenoxy) is 1. The van der Waals surface area contributed by atoms with Crippen LogP contribution in [-0.4, -0.2) is 55.4 Å². The molecule has 0 aromatic heterocycles. The Hall–Kier alpha value is -2.04. The highest BCUT2D eigenvalue weighted by Crippen LogP contribution is 2.35. The first kappa shape index (κ1) is 17.3. The van der Waals surface area contributed by atoms with Crippen LogP contribution in [0, 0.1) is 5.92 Å². The van der Waals surface area contributed by atoms with E-state index in [0.29, 0.717) is 26.1 Å². The molecular weight excluding hydrogens is 292 g/mol.